The van der Waals surface area contributed by atoms with Gasteiger partial charge in [-0.2, -0.15) is 0 Å². The lowest BCUT2D eigenvalue weighted by Crippen LogP contribution is -2.42. The minimum atomic E-state index is -0.550. The van der Waals surface area contributed by atoms with Gasteiger partial charge in [-0.25, -0.2) is 0 Å². The third kappa shape index (κ3) is 2.73. The first-order valence-electron chi connectivity index (χ1n) is 5.92. The van der Waals surface area contributed by atoms with E-state index in [9.17, 15) is 5.11 Å². The molecule has 2 atom stereocenters. The van der Waals surface area contributed by atoms with Crippen LogP contribution in [-0.4, -0.2) is 34.2 Å². The summed E-state index contributed by atoms with van der Waals surface area (Å²) in [6.45, 7) is 17.1. The highest BCUT2D eigenvalue weighted by molar-refractivity contribution is 5.01. The summed E-state index contributed by atoms with van der Waals surface area (Å²) in [6, 6.07) is 0. The lowest BCUT2D eigenvalue weighted by Gasteiger charge is -2.35. The molecule has 1 N–H and O–H groups in total. The molecule has 1 heterocycles. The average molecular weight is 213 g/mol. The van der Waals surface area contributed by atoms with Crippen molar-refractivity contribution in [3.05, 3.63) is 0 Å². The zero-order valence-electron chi connectivity index (χ0n) is 11.4. The fraction of sp³-hybridized carbons (Fsp3) is 1.00. The van der Waals surface area contributed by atoms with Crippen LogP contribution in [0.2, 0.25) is 0 Å². The number of likely N-dealkylation sites (tertiary alicyclic amines) is 1. The van der Waals surface area contributed by atoms with Crippen molar-refractivity contribution in [3.63, 3.8) is 0 Å². The van der Waals surface area contributed by atoms with Crippen LogP contribution in [-0.2, 0) is 0 Å². The van der Waals surface area contributed by atoms with Crippen LogP contribution in [0.25, 0.3) is 0 Å². The Kier molecular flexibility index (Phi) is 2.99. The molecule has 2 unspecified atom stereocenters. The Balaban J connectivity index is 2.87. The topological polar surface area (TPSA) is 23.5 Å². The first kappa shape index (κ1) is 13.0. The standard InChI is InChI=1S/C13H27NO/c1-11(2,3)10-8-14(12(4,5)6)9-13(10,7)15/h10,15H,8-9H2,1-7H3. The van der Waals surface area contributed by atoms with Crippen LogP contribution < -0.4 is 0 Å². The number of nitrogens with zero attached hydrogens (tertiary/aromatic N) is 1. The number of rotatable bonds is 0. The summed E-state index contributed by atoms with van der Waals surface area (Å²) in [7, 11) is 0. The highest BCUT2D eigenvalue weighted by Gasteiger charge is 2.49. The van der Waals surface area contributed by atoms with E-state index in [0.717, 1.165) is 13.1 Å². The molecular formula is C13H27NO. The molecule has 0 spiro atoms. The molecule has 1 fully saturated rings. The van der Waals surface area contributed by atoms with Crippen LogP contribution in [0.3, 0.4) is 0 Å². The van der Waals surface area contributed by atoms with Gasteiger partial charge in [-0.3, -0.25) is 4.90 Å². The minimum absolute atomic E-state index is 0.157. The van der Waals surface area contributed by atoms with Gasteiger partial charge in [0.1, 0.15) is 0 Å². The van der Waals surface area contributed by atoms with E-state index in [4.69, 9.17) is 0 Å². The van der Waals surface area contributed by atoms with Gasteiger partial charge in [-0.1, -0.05) is 20.8 Å². The number of aliphatic hydroxyl groups is 1. The largest absolute Gasteiger partial charge is 0.388 e. The molecule has 1 aliphatic heterocycles. The van der Waals surface area contributed by atoms with Gasteiger partial charge in [-0.05, 0) is 33.1 Å². The average Bonchev–Trinajstić information content (AvgIpc) is 2.22. The lowest BCUT2D eigenvalue weighted by molar-refractivity contribution is -0.0126. The van der Waals surface area contributed by atoms with Gasteiger partial charge in [0.05, 0.1) is 5.60 Å². The SMILES string of the molecule is CC(C)(C)C1CN(C(C)(C)C)CC1(C)O. The number of hydrogen-bond donors (Lipinski definition) is 1. The van der Waals surface area contributed by atoms with Gasteiger partial charge >= 0.3 is 0 Å². The molecule has 0 saturated carbocycles. The summed E-state index contributed by atoms with van der Waals surface area (Å²) >= 11 is 0. The Morgan fingerprint density at radius 2 is 1.60 bits per heavy atom. The maximum Gasteiger partial charge on any atom is 0.0791 e. The monoisotopic (exact) mass is 213 g/mol. The Morgan fingerprint density at radius 1 is 1.13 bits per heavy atom. The van der Waals surface area contributed by atoms with Crippen molar-refractivity contribution >= 4 is 0 Å². The van der Waals surface area contributed by atoms with Crippen LogP contribution in [0, 0.1) is 11.3 Å². The summed E-state index contributed by atoms with van der Waals surface area (Å²) < 4.78 is 0. The summed E-state index contributed by atoms with van der Waals surface area (Å²) in [4.78, 5) is 2.39. The summed E-state index contributed by atoms with van der Waals surface area (Å²) in [5.41, 5.74) is -0.223. The van der Waals surface area contributed by atoms with E-state index in [1.165, 1.54) is 0 Å². The Morgan fingerprint density at radius 3 is 1.80 bits per heavy atom. The first-order valence-corrected chi connectivity index (χ1v) is 5.92. The lowest BCUT2D eigenvalue weighted by atomic mass is 9.73. The molecule has 1 rings (SSSR count). The molecule has 0 bridgehead atoms. The Labute approximate surface area is 94.7 Å². The van der Waals surface area contributed by atoms with Crippen molar-refractivity contribution in [1.82, 2.24) is 4.90 Å². The molecule has 0 amide bonds. The van der Waals surface area contributed by atoms with E-state index in [1.54, 1.807) is 0 Å². The molecule has 90 valence electrons. The number of hydrogen-bond acceptors (Lipinski definition) is 2. The smallest absolute Gasteiger partial charge is 0.0791 e. The zero-order valence-corrected chi connectivity index (χ0v) is 11.4. The predicted molar refractivity (Wildman–Crippen MR) is 64.9 cm³/mol. The first-order chi connectivity index (χ1) is 6.44. The van der Waals surface area contributed by atoms with Crippen molar-refractivity contribution in [2.75, 3.05) is 13.1 Å². The highest BCUT2D eigenvalue weighted by Crippen LogP contribution is 2.42. The molecule has 0 aliphatic carbocycles. The van der Waals surface area contributed by atoms with Gasteiger partial charge in [0.25, 0.3) is 0 Å². The second-order valence-corrected chi connectivity index (χ2v) is 7.33. The van der Waals surface area contributed by atoms with Crippen LogP contribution in [0.1, 0.15) is 48.5 Å². The van der Waals surface area contributed by atoms with Crippen LogP contribution in [0.15, 0.2) is 0 Å². The zero-order chi connectivity index (χ0) is 12.1. The molecule has 0 aromatic carbocycles. The summed E-state index contributed by atoms with van der Waals surface area (Å²) in [5, 5.41) is 10.5. The Hall–Kier alpha value is -0.0800. The number of β-amino-alcohol motifs (C(OH)–C–C–N with tert-alkyl or cyclic N) is 1. The second kappa shape index (κ2) is 3.46. The molecule has 2 nitrogen and oxygen atoms in total. The second-order valence-electron chi connectivity index (χ2n) is 7.33. The molecule has 1 saturated heterocycles. The van der Waals surface area contributed by atoms with Crippen LogP contribution >= 0.6 is 0 Å². The van der Waals surface area contributed by atoms with Gasteiger partial charge in [0.15, 0.2) is 0 Å². The maximum atomic E-state index is 10.5. The van der Waals surface area contributed by atoms with Gasteiger partial charge < -0.3 is 5.11 Å². The van der Waals surface area contributed by atoms with Gasteiger partial charge in [0.2, 0.25) is 0 Å². The summed E-state index contributed by atoms with van der Waals surface area (Å²) in [5.74, 6) is 0.351. The Bertz CT molecular complexity index is 232. The molecule has 2 heteroatoms. The molecule has 0 radical (unpaired) electrons. The van der Waals surface area contributed by atoms with Crippen molar-refractivity contribution < 1.29 is 5.11 Å². The fourth-order valence-corrected chi connectivity index (χ4v) is 2.70. The van der Waals surface area contributed by atoms with E-state index in [1.807, 2.05) is 6.92 Å². The van der Waals surface area contributed by atoms with Crippen molar-refractivity contribution in [2.45, 2.75) is 59.6 Å². The van der Waals surface area contributed by atoms with E-state index in [0.29, 0.717) is 5.92 Å². The molecule has 15 heavy (non-hydrogen) atoms. The summed E-state index contributed by atoms with van der Waals surface area (Å²) in [6.07, 6.45) is 0. The molecule has 0 aromatic heterocycles. The van der Waals surface area contributed by atoms with Crippen molar-refractivity contribution in [1.29, 1.82) is 0 Å². The molecule has 1 aliphatic rings. The van der Waals surface area contributed by atoms with Crippen LogP contribution in [0.4, 0.5) is 0 Å². The van der Waals surface area contributed by atoms with Crippen molar-refractivity contribution in [3.8, 4) is 0 Å². The van der Waals surface area contributed by atoms with Gasteiger partial charge in [-0.15, -0.1) is 0 Å². The van der Waals surface area contributed by atoms with E-state index >= 15 is 0 Å². The third-order valence-corrected chi connectivity index (χ3v) is 3.66. The van der Waals surface area contributed by atoms with E-state index in [2.05, 4.69) is 46.4 Å². The molecule has 0 aromatic rings. The van der Waals surface area contributed by atoms with Gasteiger partial charge in [0, 0.05) is 24.5 Å². The molecular weight excluding hydrogens is 186 g/mol. The minimum Gasteiger partial charge on any atom is -0.388 e. The van der Waals surface area contributed by atoms with E-state index < -0.39 is 5.60 Å². The normalized spacial score (nSPS) is 34.8. The highest BCUT2D eigenvalue weighted by atomic mass is 16.3. The maximum absolute atomic E-state index is 10.5. The third-order valence-electron chi connectivity index (χ3n) is 3.66. The quantitative estimate of drug-likeness (QED) is 0.668. The van der Waals surface area contributed by atoms with Crippen LogP contribution in [0.5, 0.6) is 0 Å². The predicted octanol–water partition coefficient (Wildman–Crippen LogP) is 2.51. The van der Waals surface area contributed by atoms with E-state index in [-0.39, 0.29) is 11.0 Å². The van der Waals surface area contributed by atoms with Crippen molar-refractivity contribution in [2.24, 2.45) is 11.3 Å². The fourth-order valence-electron chi connectivity index (χ4n) is 2.70.